The van der Waals surface area contributed by atoms with Crippen LogP contribution >= 0.6 is 0 Å². The van der Waals surface area contributed by atoms with Crippen LogP contribution in [0.4, 0.5) is 17.6 Å². The second-order valence-corrected chi connectivity index (χ2v) is 4.02. The molecule has 1 heterocycles. The number of aromatic nitrogens is 2. The van der Waals surface area contributed by atoms with Crippen molar-refractivity contribution < 1.29 is 0 Å². The van der Waals surface area contributed by atoms with E-state index in [1.165, 1.54) is 12.8 Å². The minimum atomic E-state index is 0.298. The van der Waals surface area contributed by atoms with Crippen LogP contribution in [0.3, 0.4) is 0 Å². The highest BCUT2D eigenvalue weighted by Crippen LogP contribution is 2.33. The smallest absolute Gasteiger partial charge is 0.223 e. The van der Waals surface area contributed by atoms with Crippen LogP contribution in [0.2, 0.25) is 0 Å². The maximum atomic E-state index is 5.60. The summed E-state index contributed by atoms with van der Waals surface area (Å²) in [4.78, 5) is 8.18. The lowest BCUT2D eigenvalue weighted by Crippen LogP contribution is -2.18. The van der Waals surface area contributed by atoms with Crippen molar-refractivity contribution in [3.63, 3.8) is 0 Å². The summed E-state index contributed by atoms with van der Waals surface area (Å²) in [5.41, 5.74) is 5.60. The third-order valence-corrected chi connectivity index (χ3v) is 2.70. The first-order chi connectivity index (χ1) is 7.19. The summed E-state index contributed by atoms with van der Waals surface area (Å²) in [5, 5.41) is 6.30. The van der Waals surface area contributed by atoms with Crippen LogP contribution in [0.15, 0.2) is 6.07 Å². The van der Waals surface area contributed by atoms with E-state index in [-0.39, 0.29) is 0 Å². The standard InChI is InChI=1S/C10H17N5/c1-6(7-3-4-7)13-9-5-8(12-2)14-10(11)15-9/h5-7H,3-4H2,1-2H3,(H4,11,12,13,14,15). The first-order valence-electron chi connectivity index (χ1n) is 5.28. The SMILES string of the molecule is CNc1cc(NC(C)C2CC2)nc(N)n1. The summed E-state index contributed by atoms with van der Waals surface area (Å²) in [6, 6.07) is 2.33. The number of nitrogen functional groups attached to an aromatic ring is 1. The zero-order valence-corrected chi connectivity index (χ0v) is 9.12. The fourth-order valence-corrected chi connectivity index (χ4v) is 1.62. The van der Waals surface area contributed by atoms with Gasteiger partial charge < -0.3 is 16.4 Å². The number of hydrogen-bond acceptors (Lipinski definition) is 5. The van der Waals surface area contributed by atoms with Gasteiger partial charge in [0.05, 0.1) is 0 Å². The Balaban J connectivity index is 2.08. The maximum absolute atomic E-state index is 5.60. The molecule has 5 heteroatoms. The molecule has 1 aromatic rings. The molecule has 1 saturated carbocycles. The van der Waals surface area contributed by atoms with Gasteiger partial charge in [-0.25, -0.2) is 0 Å². The number of nitrogens with one attached hydrogen (secondary N) is 2. The average Bonchev–Trinajstić information content (AvgIpc) is 2.99. The Labute approximate surface area is 89.5 Å². The van der Waals surface area contributed by atoms with Crippen LogP contribution in [0.25, 0.3) is 0 Å². The van der Waals surface area contributed by atoms with Gasteiger partial charge in [0, 0.05) is 19.2 Å². The van der Waals surface area contributed by atoms with Crippen molar-refractivity contribution in [1.29, 1.82) is 0 Å². The van der Waals surface area contributed by atoms with Crippen LogP contribution in [0.1, 0.15) is 19.8 Å². The molecule has 0 spiro atoms. The summed E-state index contributed by atoms with van der Waals surface area (Å²) in [5.74, 6) is 2.63. The van der Waals surface area contributed by atoms with Crippen LogP contribution in [0.5, 0.6) is 0 Å². The van der Waals surface area contributed by atoms with E-state index < -0.39 is 0 Å². The van der Waals surface area contributed by atoms with Crippen molar-refractivity contribution in [3.8, 4) is 0 Å². The Morgan fingerprint density at radius 3 is 2.67 bits per heavy atom. The fraction of sp³-hybridized carbons (Fsp3) is 0.600. The molecule has 1 aliphatic carbocycles. The third-order valence-electron chi connectivity index (χ3n) is 2.70. The minimum Gasteiger partial charge on any atom is -0.373 e. The number of anilines is 3. The predicted molar refractivity (Wildman–Crippen MR) is 61.8 cm³/mol. The largest absolute Gasteiger partial charge is 0.373 e. The quantitative estimate of drug-likeness (QED) is 0.694. The Kier molecular flexibility index (Phi) is 2.62. The summed E-state index contributed by atoms with van der Waals surface area (Å²) in [7, 11) is 1.82. The van der Waals surface area contributed by atoms with Gasteiger partial charge >= 0.3 is 0 Å². The van der Waals surface area contributed by atoms with Crippen LogP contribution < -0.4 is 16.4 Å². The van der Waals surface area contributed by atoms with Crippen molar-refractivity contribution >= 4 is 17.6 Å². The lowest BCUT2D eigenvalue weighted by atomic mass is 10.2. The maximum Gasteiger partial charge on any atom is 0.223 e. The molecule has 4 N–H and O–H groups in total. The van der Waals surface area contributed by atoms with Crippen LogP contribution in [-0.2, 0) is 0 Å². The van der Waals surface area contributed by atoms with Crippen LogP contribution in [0, 0.1) is 5.92 Å². The molecule has 0 amide bonds. The van der Waals surface area contributed by atoms with E-state index in [2.05, 4.69) is 27.5 Å². The minimum absolute atomic E-state index is 0.298. The first-order valence-corrected chi connectivity index (χ1v) is 5.28. The average molecular weight is 207 g/mol. The van der Waals surface area contributed by atoms with Gasteiger partial charge in [0.25, 0.3) is 0 Å². The Morgan fingerprint density at radius 2 is 2.07 bits per heavy atom. The summed E-state index contributed by atoms with van der Waals surface area (Å²) >= 11 is 0. The van der Waals surface area contributed by atoms with Crippen molar-refractivity contribution in [2.24, 2.45) is 5.92 Å². The molecule has 1 aromatic heterocycles. The number of hydrogen-bond donors (Lipinski definition) is 3. The van der Waals surface area contributed by atoms with E-state index in [0.717, 1.165) is 17.6 Å². The molecule has 1 atom stereocenters. The zero-order chi connectivity index (χ0) is 10.8. The molecule has 0 aliphatic heterocycles. The van der Waals surface area contributed by atoms with Gasteiger partial charge in [0.2, 0.25) is 5.95 Å². The Hall–Kier alpha value is -1.52. The van der Waals surface area contributed by atoms with Crippen LogP contribution in [-0.4, -0.2) is 23.1 Å². The number of rotatable bonds is 4. The van der Waals surface area contributed by atoms with Gasteiger partial charge in [-0.2, -0.15) is 9.97 Å². The van der Waals surface area contributed by atoms with Gasteiger partial charge in [-0.1, -0.05) is 0 Å². The summed E-state index contributed by atoms with van der Waals surface area (Å²) < 4.78 is 0. The lowest BCUT2D eigenvalue weighted by Gasteiger charge is -2.14. The molecule has 1 unspecified atom stereocenters. The molecule has 82 valence electrons. The molecule has 1 fully saturated rings. The normalized spacial score (nSPS) is 17.2. The highest BCUT2D eigenvalue weighted by atomic mass is 15.1. The lowest BCUT2D eigenvalue weighted by molar-refractivity contribution is 0.690. The molecule has 0 aromatic carbocycles. The predicted octanol–water partition coefficient (Wildman–Crippen LogP) is 1.31. The van der Waals surface area contributed by atoms with E-state index in [1.54, 1.807) is 0 Å². The second-order valence-electron chi connectivity index (χ2n) is 4.02. The van der Waals surface area contributed by atoms with Crippen molar-refractivity contribution in [1.82, 2.24) is 9.97 Å². The zero-order valence-electron chi connectivity index (χ0n) is 9.12. The molecule has 1 aliphatic rings. The fourth-order valence-electron chi connectivity index (χ4n) is 1.62. The van der Waals surface area contributed by atoms with Crippen molar-refractivity contribution in [2.45, 2.75) is 25.8 Å². The molecule has 0 saturated heterocycles. The number of nitrogens with two attached hydrogens (primary N) is 1. The molecule has 15 heavy (non-hydrogen) atoms. The topological polar surface area (TPSA) is 75.9 Å². The van der Waals surface area contributed by atoms with Gasteiger partial charge in [-0.15, -0.1) is 0 Å². The van der Waals surface area contributed by atoms with E-state index in [9.17, 15) is 0 Å². The molecular formula is C10H17N5. The third kappa shape index (κ3) is 2.49. The summed E-state index contributed by atoms with van der Waals surface area (Å²) in [6.07, 6.45) is 2.63. The number of nitrogens with zero attached hydrogens (tertiary/aromatic N) is 2. The molecular weight excluding hydrogens is 190 g/mol. The van der Waals surface area contributed by atoms with Crippen molar-refractivity contribution in [3.05, 3.63) is 6.07 Å². The Bertz CT molecular complexity index is 348. The summed E-state index contributed by atoms with van der Waals surface area (Å²) in [6.45, 7) is 2.18. The molecule has 2 rings (SSSR count). The van der Waals surface area contributed by atoms with Crippen molar-refractivity contribution in [2.75, 3.05) is 23.4 Å². The highest BCUT2D eigenvalue weighted by Gasteiger charge is 2.28. The Morgan fingerprint density at radius 1 is 1.40 bits per heavy atom. The second kappa shape index (κ2) is 3.92. The van der Waals surface area contributed by atoms with Gasteiger partial charge in [0.1, 0.15) is 11.6 Å². The van der Waals surface area contributed by atoms with Gasteiger partial charge in [-0.05, 0) is 25.7 Å². The van der Waals surface area contributed by atoms with E-state index in [0.29, 0.717) is 12.0 Å². The molecule has 5 nitrogen and oxygen atoms in total. The first kappa shape index (κ1) is 10.0. The highest BCUT2D eigenvalue weighted by molar-refractivity contribution is 5.51. The monoisotopic (exact) mass is 207 g/mol. The van der Waals surface area contributed by atoms with E-state index >= 15 is 0 Å². The molecule has 0 bridgehead atoms. The van der Waals surface area contributed by atoms with E-state index in [1.807, 2.05) is 13.1 Å². The van der Waals surface area contributed by atoms with Gasteiger partial charge in [0.15, 0.2) is 0 Å². The molecule has 0 radical (unpaired) electrons. The van der Waals surface area contributed by atoms with Gasteiger partial charge in [-0.3, -0.25) is 0 Å². The van der Waals surface area contributed by atoms with E-state index in [4.69, 9.17) is 5.73 Å².